The van der Waals surface area contributed by atoms with Crippen molar-refractivity contribution in [3.63, 3.8) is 0 Å². The summed E-state index contributed by atoms with van der Waals surface area (Å²) >= 11 is 1.50. The highest BCUT2D eigenvalue weighted by atomic mass is 32.1. The topological polar surface area (TPSA) is 91.5 Å². The maximum atomic E-state index is 12.0. The molecule has 1 aromatic heterocycles. The molecule has 7 heteroatoms. The van der Waals surface area contributed by atoms with Crippen molar-refractivity contribution in [3.05, 3.63) is 70.7 Å². The van der Waals surface area contributed by atoms with E-state index in [2.05, 4.69) is 31.0 Å². The molecule has 0 fully saturated rings. The molecule has 1 heterocycles. The predicted octanol–water partition coefficient (Wildman–Crippen LogP) is 4.15. The van der Waals surface area contributed by atoms with Crippen LogP contribution < -0.4 is 10.5 Å². The van der Waals surface area contributed by atoms with E-state index in [4.69, 9.17) is 15.2 Å². The van der Waals surface area contributed by atoms with Gasteiger partial charge in [0, 0.05) is 10.9 Å². The van der Waals surface area contributed by atoms with Gasteiger partial charge in [0.25, 0.3) is 5.91 Å². The molecule has 0 saturated heterocycles. The van der Waals surface area contributed by atoms with Gasteiger partial charge in [-0.2, -0.15) is 0 Å². The number of esters is 1. The quantitative estimate of drug-likeness (QED) is 0.563. The third-order valence-electron chi connectivity index (χ3n) is 4.26. The summed E-state index contributed by atoms with van der Waals surface area (Å²) in [4.78, 5) is 27.9. The fourth-order valence-electron chi connectivity index (χ4n) is 2.65. The molecule has 0 aliphatic rings. The maximum absolute atomic E-state index is 12.0. The average Bonchev–Trinajstić information content (AvgIpc) is 3.20. The Morgan fingerprint density at radius 2 is 1.83 bits per heavy atom. The van der Waals surface area contributed by atoms with E-state index in [0.29, 0.717) is 11.6 Å². The monoisotopic (exact) mass is 410 g/mol. The summed E-state index contributed by atoms with van der Waals surface area (Å²) in [6.07, 6.45) is 0. The Morgan fingerprint density at radius 3 is 2.52 bits per heavy atom. The Balaban J connectivity index is 1.53. The second-order valence-electron chi connectivity index (χ2n) is 6.73. The number of hydrogen-bond acceptors (Lipinski definition) is 6. The molecule has 0 radical (unpaired) electrons. The number of amides is 1. The second-order valence-corrected chi connectivity index (χ2v) is 7.59. The minimum absolute atomic E-state index is 0.0558. The van der Waals surface area contributed by atoms with E-state index in [9.17, 15) is 9.59 Å². The molecule has 29 heavy (non-hydrogen) atoms. The number of carbonyl (C=O) groups is 2. The van der Waals surface area contributed by atoms with Crippen molar-refractivity contribution in [3.8, 4) is 16.3 Å². The van der Waals surface area contributed by atoms with Crippen molar-refractivity contribution in [1.82, 2.24) is 4.98 Å². The average molecular weight is 410 g/mol. The number of nitrogens with two attached hydrogens (primary N) is 1. The van der Waals surface area contributed by atoms with Gasteiger partial charge in [-0.3, -0.25) is 4.79 Å². The molecule has 1 amide bonds. The molecule has 0 aliphatic heterocycles. The number of aromatic nitrogens is 1. The molecule has 0 unspecified atom stereocenters. The summed E-state index contributed by atoms with van der Waals surface area (Å²) in [6, 6.07) is 14.8. The first-order valence-corrected chi connectivity index (χ1v) is 10.0. The summed E-state index contributed by atoms with van der Waals surface area (Å²) in [7, 11) is 0. The van der Waals surface area contributed by atoms with E-state index >= 15 is 0 Å². The summed E-state index contributed by atoms with van der Waals surface area (Å²) in [5.41, 5.74) is 8.48. The van der Waals surface area contributed by atoms with Crippen molar-refractivity contribution in [2.24, 2.45) is 5.73 Å². The van der Waals surface area contributed by atoms with Gasteiger partial charge < -0.3 is 15.2 Å². The summed E-state index contributed by atoms with van der Waals surface area (Å²) < 4.78 is 10.6. The van der Waals surface area contributed by atoms with Crippen LogP contribution in [0.4, 0.5) is 0 Å². The van der Waals surface area contributed by atoms with Gasteiger partial charge in [0.05, 0.1) is 11.3 Å². The van der Waals surface area contributed by atoms with E-state index in [-0.39, 0.29) is 24.5 Å². The van der Waals surface area contributed by atoms with Crippen molar-refractivity contribution < 1.29 is 19.1 Å². The normalized spacial score (nSPS) is 10.7. The van der Waals surface area contributed by atoms with Gasteiger partial charge in [-0.1, -0.05) is 50.2 Å². The van der Waals surface area contributed by atoms with Crippen molar-refractivity contribution >= 4 is 23.2 Å². The summed E-state index contributed by atoms with van der Waals surface area (Å²) in [5.74, 6) is -0.448. The molecule has 3 aromatic rings. The van der Waals surface area contributed by atoms with Gasteiger partial charge in [0.15, 0.2) is 6.61 Å². The minimum atomic E-state index is -0.620. The zero-order valence-corrected chi connectivity index (χ0v) is 17.1. The van der Waals surface area contributed by atoms with E-state index < -0.39 is 11.9 Å². The number of thiazole rings is 1. The van der Waals surface area contributed by atoms with Crippen LogP contribution in [0.3, 0.4) is 0 Å². The van der Waals surface area contributed by atoms with E-state index in [1.54, 1.807) is 18.2 Å². The zero-order valence-electron chi connectivity index (χ0n) is 16.3. The van der Waals surface area contributed by atoms with Crippen LogP contribution in [0.15, 0.2) is 53.9 Å². The fourth-order valence-corrected chi connectivity index (χ4v) is 3.46. The number of benzene rings is 2. The van der Waals surface area contributed by atoms with Crippen LogP contribution >= 0.6 is 11.3 Å². The standard InChI is InChI=1S/C22H22N2O4S/c1-14(2)15-7-9-16(10-8-15)22-24-17(13-29-22)11-28-20(25)12-27-19-6-4-3-5-18(19)21(23)26/h3-10,13-14H,11-12H2,1-2H3,(H2,23,26). The SMILES string of the molecule is CC(C)c1ccc(-c2nc(COC(=O)COc3ccccc3C(N)=O)cs2)cc1. The number of ether oxygens (including phenoxy) is 2. The molecule has 6 nitrogen and oxygen atoms in total. The van der Waals surface area contributed by atoms with Gasteiger partial charge in [-0.25, -0.2) is 9.78 Å². The smallest absolute Gasteiger partial charge is 0.344 e. The van der Waals surface area contributed by atoms with Gasteiger partial charge in [0.1, 0.15) is 17.4 Å². The minimum Gasteiger partial charge on any atom is -0.481 e. The lowest BCUT2D eigenvalue weighted by molar-refractivity contribution is -0.147. The highest BCUT2D eigenvalue weighted by Gasteiger charge is 2.12. The molecule has 150 valence electrons. The Bertz CT molecular complexity index is 996. The first-order valence-electron chi connectivity index (χ1n) is 9.16. The number of nitrogens with zero attached hydrogens (tertiary/aromatic N) is 1. The Morgan fingerprint density at radius 1 is 1.10 bits per heavy atom. The van der Waals surface area contributed by atoms with Crippen molar-refractivity contribution in [1.29, 1.82) is 0 Å². The van der Waals surface area contributed by atoms with Gasteiger partial charge in [-0.15, -0.1) is 11.3 Å². The molecule has 0 spiro atoms. The molecular formula is C22H22N2O4S. The van der Waals surface area contributed by atoms with E-state index in [1.165, 1.54) is 23.0 Å². The van der Waals surface area contributed by atoms with Crippen molar-refractivity contribution in [2.75, 3.05) is 6.61 Å². The van der Waals surface area contributed by atoms with Crippen LogP contribution in [0.2, 0.25) is 0 Å². The lowest BCUT2D eigenvalue weighted by atomic mass is 10.0. The lowest BCUT2D eigenvalue weighted by Gasteiger charge is -2.09. The first kappa shape index (κ1) is 20.5. The zero-order chi connectivity index (χ0) is 20.8. The summed E-state index contributed by atoms with van der Waals surface area (Å²) in [6.45, 7) is 4.04. The van der Waals surface area contributed by atoms with Gasteiger partial charge in [-0.05, 0) is 23.6 Å². The number of carbonyl (C=O) groups excluding carboxylic acids is 2. The van der Waals surface area contributed by atoms with Gasteiger partial charge in [0.2, 0.25) is 0 Å². The third kappa shape index (κ3) is 5.42. The van der Waals surface area contributed by atoms with Crippen LogP contribution in [0.25, 0.3) is 10.6 Å². The fraction of sp³-hybridized carbons (Fsp3) is 0.227. The Hall–Kier alpha value is -3.19. The number of para-hydroxylation sites is 1. The predicted molar refractivity (Wildman–Crippen MR) is 112 cm³/mol. The molecule has 3 rings (SSSR count). The molecule has 0 saturated carbocycles. The number of rotatable bonds is 8. The molecule has 0 atom stereocenters. The van der Waals surface area contributed by atoms with Crippen molar-refractivity contribution in [2.45, 2.75) is 26.4 Å². The molecule has 2 aromatic carbocycles. The Kier molecular flexibility index (Phi) is 6.61. The van der Waals surface area contributed by atoms with Crippen LogP contribution in [-0.4, -0.2) is 23.5 Å². The molecule has 0 bridgehead atoms. The van der Waals surface area contributed by atoms with Crippen LogP contribution in [0.1, 0.15) is 41.4 Å². The largest absolute Gasteiger partial charge is 0.481 e. The van der Waals surface area contributed by atoms with Crippen LogP contribution in [0, 0.1) is 0 Å². The molecule has 0 aliphatic carbocycles. The van der Waals surface area contributed by atoms with E-state index in [1.807, 2.05) is 17.5 Å². The maximum Gasteiger partial charge on any atom is 0.344 e. The molecule has 2 N–H and O–H groups in total. The highest BCUT2D eigenvalue weighted by Crippen LogP contribution is 2.26. The first-order chi connectivity index (χ1) is 13.9. The van der Waals surface area contributed by atoms with Crippen LogP contribution in [-0.2, 0) is 16.1 Å². The number of primary amides is 1. The van der Waals surface area contributed by atoms with Gasteiger partial charge >= 0.3 is 5.97 Å². The third-order valence-corrected chi connectivity index (χ3v) is 5.20. The molecular weight excluding hydrogens is 388 g/mol. The Labute approximate surface area is 173 Å². The number of hydrogen-bond donors (Lipinski definition) is 1. The van der Waals surface area contributed by atoms with E-state index in [0.717, 1.165) is 10.6 Å². The van der Waals surface area contributed by atoms with Crippen LogP contribution in [0.5, 0.6) is 5.75 Å². The lowest BCUT2D eigenvalue weighted by Crippen LogP contribution is -2.18. The second kappa shape index (κ2) is 9.34. The summed E-state index contributed by atoms with van der Waals surface area (Å²) in [5, 5.41) is 2.74. The highest BCUT2D eigenvalue weighted by molar-refractivity contribution is 7.13.